The van der Waals surface area contributed by atoms with Crippen LogP contribution in [0.3, 0.4) is 0 Å². The molecule has 3 aromatic rings. The van der Waals surface area contributed by atoms with Gasteiger partial charge in [-0.3, -0.25) is 19.0 Å². The number of nitrogens with zero attached hydrogens (tertiary/aromatic N) is 4. The van der Waals surface area contributed by atoms with Crippen molar-refractivity contribution in [2.24, 2.45) is 5.92 Å². The number of aromatic nitrogens is 3. The highest BCUT2D eigenvalue weighted by molar-refractivity contribution is 5.82. The molecule has 4 heterocycles. The van der Waals surface area contributed by atoms with Crippen LogP contribution in [0, 0.1) is 5.92 Å². The SMILES string of the molecule is COc1cc2ncn(CC(=O)N3CC4CC(C3)c3cccc(=O)n3C4)c(=O)c2cc1OC. The van der Waals surface area contributed by atoms with Gasteiger partial charge in [0.25, 0.3) is 11.1 Å². The number of likely N-dealkylation sites (tertiary alicyclic amines) is 1. The molecule has 2 atom stereocenters. The number of hydrogen-bond acceptors (Lipinski definition) is 6. The van der Waals surface area contributed by atoms with E-state index >= 15 is 0 Å². The first-order chi connectivity index (χ1) is 15.5. The van der Waals surface area contributed by atoms with E-state index in [1.54, 1.807) is 24.3 Å². The summed E-state index contributed by atoms with van der Waals surface area (Å²) in [4.78, 5) is 44.5. The standard InChI is InChI=1S/C23H24N4O5/c1-31-19-7-16-17(8-20(19)32-2)24-13-26(23(16)30)12-22(29)25-9-14-6-15(11-25)18-4-3-5-21(28)27(18)10-14/h3-5,7-8,13-15H,6,9-12H2,1-2H3. The van der Waals surface area contributed by atoms with Crippen molar-refractivity contribution >= 4 is 16.8 Å². The van der Waals surface area contributed by atoms with Gasteiger partial charge in [0.15, 0.2) is 11.5 Å². The van der Waals surface area contributed by atoms with Gasteiger partial charge in [0, 0.05) is 43.4 Å². The Morgan fingerprint density at radius 3 is 2.66 bits per heavy atom. The molecule has 1 saturated heterocycles. The van der Waals surface area contributed by atoms with Crippen molar-refractivity contribution in [2.75, 3.05) is 27.3 Å². The third-order valence-electron chi connectivity index (χ3n) is 6.47. The van der Waals surface area contributed by atoms with Gasteiger partial charge in [-0.1, -0.05) is 6.07 Å². The number of pyridine rings is 1. The number of hydrogen-bond donors (Lipinski definition) is 0. The van der Waals surface area contributed by atoms with Gasteiger partial charge < -0.3 is 18.9 Å². The van der Waals surface area contributed by atoms with Crippen LogP contribution >= 0.6 is 0 Å². The lowest BCUT2D eigenvalue weighted by Gasteiger charge is -2.42. The quantitative estimate of drug-likeness (QED) is 0.610. The van der Waals surface area contributed by atoms with Crippen LogP contribution in [-0.2, 0) is 17.9 Å². The Bertz CT molecular complexity index is 1330. The van der Waals surface area contributed by atoms with Crippen molar-refractivity contribution < 1.29 is 14.3 Å². The van der Waals surface area contributed by atoms with Crippen molar-refractivity contribution in [2.45, 2.75) is 25.4 Å². The van der Waals surface area contributed by atoms with E-state index in [0.29, 0.717) is 42.0 Å². The molecule has 0 N–H and O–H groups in total. The van der Waals surface area contributed by atoms with Crippen molar-refractivity contribution in [3.63, 3.8) is 0 Å². The molecule has 2 aliphatic rings. The van der Waals surface area contributed by atoms with E-state index < -0.39 is 0 Å². The zero-order valence-corrected chi connectivity index (χ0v) is 18.0. The fourth-order valence-electron chi connectivity index (χ4n) is 4.94. The number of piperidine rings is 1. The first-order valence-corrected chi connectivity index (χ1v) is 10.6. The summed E-state index contributed by atoms with van der Waals surface area (Å²) in [6.45, 7) is 1.65. The molecule has 1 fully saturated rings. The van der Waals surface area contributed by atoms with Gasteiger partial charge in [-0.25, -0.2) is 4.98 Å². The second-order valence-corrected chi connectivity index (χ2v) is 8.40. The molecule has 0 spiro atoms. The zero-order chi connectivity index (χ0) is 22.4. The number of fused-ring (bicyclic) bond motifs is 5. The van der Waals surface area contributed by atoms with Gasteiger partial charge in [0.1, 0.15) is 6.54 Å². The maximum absolute atomic E-state index is 13.1. The van der Waals surface area contributed by atoms with Crippen LogP contribution in [0.5, 0.6) is 11.5 Å². The fourth-order valence-corrected chi connectivity index (χ4v) is 4.94. The van der Waals surface area contributed by atoms with E-state index in [4.69, 9.17) is 9.47 Å². The predicted octanol–water partition coefficient (Wildman–Crippen LogP) is 1.22. The maximum atomic E-state index is 13.1. The molecule has 0 saturated carbocycles. The Balaban J connectivity index is 1.40. The van der Waals surface area contributed by atoms with Crippen LogP contribution in [0.1, 0.15) is 18.0 Å². The molecule has 0 aliphatic carbocycles. The molecular weight excluding hydrogens is 412 g/mol. The molecule has 1 aromatic carbocycles. The largest absolute Gasteiger partial charge is 0.493 e. The van der Waals surface area contributed by atoms with Crippen LogP contribution in [0.25, 0.3) is 10.9 Å². The van der Waals surface area contributed by atoms with E-state index in [9.17, 15) is 14.4 Å². The van der Waals surface area contributed by atoms with Crippen LogP contribution in [0.4, 0.5) is 0 Å². The molecule has 0 radical (unpaired) electrons. The third-order valence-corrected chi connectivity index (χ3v) is 6.47. The molecule has 9 nitrogen and oxygen atoms in total. The highest BCUT2D eigenvalue weighted by atomic mass is 16.5. The molecule has 2 bridgehead atoms. The molecule has 5 rings (SSSR count). The highest BCUT2D eigenvalue weighted by Crippen LogP contribution is 2.35. The molecule has 2 aliphatic heterocycles. The average molecular weight is 436 g/mol. The summed E-state index contributed by atoms with van der Waals surface area (Å²) < 4.78 is 13.7. The molecule has 2 unspecified atom stereocenters. The van der Waals surface area contributed by atoms with Gasteiger partial charge in [-0.15, -0.1) is 0 Å². The smallest absolute Gasteiger partial charge is 0.261 e. The fraction of sp³-hybridized carbons (Fsp3) is 0.391. The normalized spacial score (nSPS) is 19.5. The van der Waals surface area contributed by atoms with Gasteiger partial charge in [-0.05, 0) is 24.5 Å². The number of benzene rings is 1. The summed E-state index contributed by atoms with van der Waals surface area (Å²) in [6, 6.07) is 8.56. The molecular formula is C23H24N4O5. The Hall–Kier alpha value is -3.62. The number of ether oxygens (including phenoxy) is 2. The number of amides is 1. The molecule has 2 aromatic heterocycles. The second kappa shape index (κ2) is 7.81. The van der Waals surface area contributed by atoms with E-state index in [0.717, 1.165) is 12.1 Å². The maximum Gasteiger partial charge on any atom is 0.261 e. The Labute approximate surface area is 183 Å². The van der Waals surface area contributed by atoms with Gasteiger partial charge in [0.05, 0.1) is 31.4 Å². The molecule has 1 amide bonds. The van der Waals surface area contributed by atoms with Crippen molar-refractivity contribution in [1.29, 1.82) is 0 Å². The topological polar surface area (TPSA) is 95.7 Å². The van der Waals surface area contributed by atoms with Crippen molar-refractivity contribution in [1.82, 2.24) is 19.0 Å². The summed E-state index contributed by atoms with van der Waals surface area (Å²) in [5.41, 5.74) is 1.17. The minimum absolute atomic E-state index is 0.0119. The predicted molar refractivity (Wildman–Crippen MR) is 117 cm³/mol. The number of carbonyl (C=O) groups excluding carboxylic acids is 1. The van der Waals surface area contributed by atoms with Crippen LogP contribution in [0.15, 0.2) is 46.2 Å². The van der Waals surface area contributed by atoms with Crippen molar-refractivity contribution in [3.05, 3.63) is 63.1 Å². The van der Waals surface area contributed by atoms with E-state index in [1.807, 2.05) is 15.5 Å². The number of carbonyl (C=O) groups is 1. The average Bonchev–Trinajstić information content (AvgIpc) is 2.80. The van der Waals surface area contributed by atoms with Gasteiger partial charge >= 0.3 is 0 Å². The Morgan fingerprint density at radius 2 is 1.88 bits per heavy atom. The van der Waals surface area contributed by atoms with E-state index in [1.165, 1.54) is 25.1 Å². The van der Waals surface area contributed by atoms with E-state index in [-0.39, 0.29) is 35.4 Å². The monoisotopic (exact) mass is 436 g/mol. The first kappa shape index (κ1) is 20.3. The summed E-state index contributed by atoms with van der Waals surface area (Å²) in [5, 5.41) is 0.363. The summed E-state index contributed by atoms with van der Waals surface area (Å²) in [5.74, 6) is 1.15. The number of methoxy groups -OCH3 is 2. The highest BCUT2D eigenvalue weighted by Gasteiger charge is 2.36. The van der Waals surface area contributed by atoms with Gasteiger partial charge in [0.2, 0.25) is 5.91 Å². The zero-order valence-electron chi connectivity index (χ0n) is 18.0. The minimum Gasteiger partial charge on any atom is -0.493 e. The van der Waals surface area contributed by atoms with E-state index in [2.05, 4.69) is 4.98 Å². The van der Waals surface area contributed by atoms with Crippen LogP contribution in [-0.4, -0.2) is 52.2 Å². The lowest BCUT2D eigenvalue weighted by atomic mass is 9.83. The summed E-state index contributed by atoms with van der Waals surface area (Å²) >= 11 is 0. The van der Waals surface area contributed by atoms with Crippen LogP contribution in [0.2, 0.25) is 0 Å². The summed E-state index contributed by atoms with van der Waals surface area (Å²) in [7, 11) is 3.02. The lowest BCUT2D eigenvalue weighted by Crippen LogP contribution is -2.50. The second-order valence-electron chi connectivity index (χ2n) is 8.40. The molecule has 166 valence electrons. The first-order valence-electron chi connectivity index (χ1n) is 10.6. The number of rotatable bonds is 4. The van der Waals surface area contributed by atoms with Crippen LogP contribution < -0.4 is 20.6 Å². The minimum atomic E-state index is -0.307. The molecule has 32 heavy (non-hydrogen) atoms. The van der Waals surface area contributed by atoms with Gasteiger partial charge in [-0.2, -0.15) is 0 Å². The summed E-state index contributed by atoms with van der Waals surface area (Å²) in [6.07, 6.45) is 2.36. The Kier molecular flexibility index (Phi) is 4.96. The lowest BCUT2D eigenvalue weighted by molar-refractivity contribution is -0.134. The third kappa shape index (κ3) is 3.34. The Morgan fingerprint density at radius 1 is 1.09 bits per heavy atom. The van der Waals surface area contributed by atoms with Crippen molar-refractivity contribution in [3.8, 4) is 11.5 Å². The molecule has 9 heteroatoms.